The van der Waals surface area contributed by atoms with Crippen molar-refractivity contribution in [1.29, 1.82) is 0 Å². The molecule has 0 spiro atoms. The highest BCUT2D eigenvalue weighted by molar-refractivity contribution is 5.99. The zero-order valence-electron chi connectivity index (χ0n) is 14.4. The van der Waals surface area contributed by atoms with Gasteiger partial charge in [-0.2, -0.15) is 13.2 Å². The lowest BCUT2D eigenvalue weighted by Gasteiger charge is -2.16. The maximum Gasteiger partial charge on any atom is 0.416 e. The molecule has 2 aliphatic carbocycles. The fourth-order valence-corrected chi connectivity index (χ4v) is 3.51. The van der Waals surface area contributed by atoms with E-state index in [0.717, 1.165) is 37.8 Å². The van der Waals surface area contributed by atoms with Gasteiger partial charge in [0.15, 0.2) is 0 Å². The zero-order valence-corrected chi connectivity index (χ0v) is 14.4. The Hall–Kier alpha value is -2.05. The molecular formula is C19H23F3N2O2. The van der Waals surface area contributed by atoms with Gasteiger partial charge in [-0.15, -0.1) is 0 Å². The van der Waals surface area contributed by atoms with Gasteiger partial charge in [0.25, 0.3) is 0 Å². The third-order valence-corrected chi connectivity index (χ3v) is 5.12. The molecule has 2 atom stereocenters. The van der Waals surface area contributed by atoms with Crippen molar-refractivity contribution in [2.75, 3.05) is 5.32 Å². The molecule has 2 fully saturated rings. The third kappa shape index (κ3) is 4.77. The molecule has 2 N–H and O–H groups in total. The predicted molar refractivity (Wildman–Crippen MR) is 91.3 cm³/mol. The molecule has 0 aliphatic heterocycles. The first-order valence-electron chi connectivity index (χ1n) is 9.13. The monoisotopic (exact) mass is 368 g/mol. The second-order valence-corrected chi connectivity index (χ2v) is 7.21. The number of hydrogen-bond acceptors (Lipinski definition) is 2. The molecule has 2 amide bonds. The molecule has 142 valence electrons. The summed E-state index contributed by atoms with van der Waals surface area (Å²) < 4.78 is 38.2. The van der Waals surface area contributed by atoms with Crippen molar-refractivity contribution in [1.82, 2.24) is 5.32 Å². The fourth-order valence-electron chi connectivity index (χ4n) is 3.51. The summed E-state index contributed by atoms with van der Waals surface area (Å²) in [4.78, 5) is 24.5. The molecule has 0 aromatic heterocycles. The van der Waals surface area contributed by atoms with Gasteiger partial charge in [-0.1, -0.05) is 31.7 Å². The summed E-state index contributed by atoms with van der Waals surface area (Å²) in [5, 5.41) is 5.53. The van der Waals surface area contributed by atoms with Gasteiger partial charge in [0, 0.05) is 11.7 Å². The molecule has 0 bridgehead atoms. The van der Waals surface area contributed by atoms with Crippen LogP contribution < -0.4 is 10.6 Å². The lowest BCUT2D eigenvalue weighted by atomic mass is 10.1. The topological polar surface area (TPSA) is 58.2 Å². The van der Waals surface area contributed by atoms with Gasteiger partial charge in [-0.3, -0.25) is 9.59 Å². The smallest absolute Gasteiger partial charge is 0.353 e. The Kier molecular flexibility index (Phi) is 5.53. The number of alkyl halides is 3. The summed E-state index contributed by atoms with van der Waals surface area (Å²) >= 11 is 0. The van der Waals surface area contributed by atoms with Crippen LogP contribution in [0.3, 0.4) is 0 Å². The highest BCUT2D eigenvalue weighted by atomic mass is 19.4. The minimum atomic E-state index is -4.46. The van der Waals surface area contributed by atoms with Gasteiger partial charge in [0.05, 0.1) is 17.4 Å². The lowest BCUT2D eigenvalue weighted by molar-refractivity contribution is -0.137. The number of hydrogen-bond donors (Lipinski definition) is 2. The number of halogens is 3. The van der Waals surface area contributed by atoms with Crippen LogP contribution in [0.15, 0.2) is 24.3 Å². The summed E-state index contributed by atoms with van der Waals surface area (Å²) in [5.41, 5.74) is -0.714. The van der Waals surface area contributed by atoms with E-state index < -0.39 is 23.6 Å². The fraction of sp³-hybridized carbons (Fsp3) is 0.579. The standard InChI is InChI=1S/C19H23F3N2O2/c20-19(21,22)12-6-5-9-14(10-12)24-18(26)16-11-15(16)17(25)23-13-7-3-1-2-4-8-13/h5-6,9-10,13,15-16H,1-4,7-8,11H2,(H,23,25)(H,24,26). The van der Waals surface area contributed by atoms with Crippen LogP contribution >= 0.6 is 0 Å². The van der Waals surface area contributed by atoms with E-state index in [4.69, 9.17) is 0 Å². The first kappa shape index (κ1) is 18.7. The van der Waals surface area contributed by atoms with Gasteiger partial charge in [-0.05, 0) is 37.5 Å². The highest BCUT2D eigenvalue weighted by Crippen LogP contribution is 2.40. The second-order valence-electron chi connectivity index (χ2n) is 7.21. The van der Waals surface area contributed by atoms with Crippen molar-refractivity contribution >= 4 is 17.5 Å². The maximum absolute atomic E-state index is 12.7. The van der Waals surface area contributed by atoms with Crippen LogP contribution in [0.5, 0.6) is 0 Å². The van der Waals surface area contributed by atoms with Gasteiger partial charge in [-0.25, -0.2) is 0 Å². The Morgan fingerprint density at radius 2 is 1.62 bits per heavy atom. The minimum Gasteiger partial charge on any atom is -0.353 e. The van der Waals surface area contributed by atoms with Crippen LogP contribution in [0.4, 0.5) is 18.9 Å². The average molecular weight is 368 g/mol. The van der Waals surface area contributed by atoms with Crippen molar-refractivity contribution in [3.8, 4) is 0 Å². The van der Waals surface area contributed by atoms with Crippen molar-refractivity contribution in [2.24, 2.45) is 11.8 Å². The van der Waals surface area contributed by atoms with E-state index in [1.54, 1.807) is 0 Å². The zero-order chi connectivity index (χ0) is 18.7. The van der Waals surface area contributed by atoms with E-state index >= 15 is 0 Å². The number of rotatable bonds is 4. The van der Waals surface area contributed by atoms with E-state index in [0.29, 0.717) is 6.42 Å². The minimum absolute atomic E-state index is 0.0969. The molecule has 3 rings (SSSR count). The van der Waals surface area contributed by atoms with E-state index in [1.165, 1.54) is 25.0 Å². The Bertz CT molecular complexity index is 667. The summed E-state index contributed by atoms with van der Waals surface area (Å²) in [6.07, 6.45) is 2.53. The van der Waals surface area contributed by atoms with Gasteiger partial charge >= 0.3 is 6.18 Å². The molecule has 2 aliphatic rings. The molecule has 26 heavy (non-hydrogen) atoms. The first-order valence-corrected chi connectivity index (χ1v) is 9.13. The summed E-state index contributed by atoms with van der Waals surface area (Å²) in [5.74, 6) is -1.34. The molecule has 0 saturated heterocycles. The maximum atomic E-state index is 12.7. The van der Waals surface area contributed by atoms with Crippen molar-refractivity contribution < 1.29 is 22.8 Å². The molecule has 4 nitrogen and oxygen atoms in total. The van der Waals surface area contributed by atoms with Crippen LogP contribution in [0.1, 0.15) is 50.5 Å². The lowest BCUT2D eigenvalue weighted by Crippen LogP contribution is -2.36. The number of nitrogens with one attached hydrogen (secondary N) is 2. The Labute approximate surface area is 150 Å². The number of benzene rings is 1. The van der Waals surface area contributed by atoms with Crippen molar-refractivity contribution in [2.45, 2.75) is 57.2 Å². The van der Waals surface area contributed by atoms with Crippen LogP contribution in [0.25, 0.3) is 0 Å². The second kappa shape index (κ2) is 7.68. The number of anilines is 1. The van der Waals surface area contributed by atoms with Crippen LogP contribution in [0.2, 0.25) is 0 Å². The number of carbonyl (C=O) groups excluding carboxylic acids is 2. The molecule has 2 saturated carbocycles. The summed E-state index contributed by atoms with van der Waals surface area (Å²) in [6.45, 7) is 0. The first-order chi connectivity index (χ1) is 12.3. The quantitative estimate of drug-likeness (QED) is 0.786. The van der Waals surface area contributed by atoms with Crippen molar-refractivity contribution in [3.63, 3.8) is 0 Å². The number of carbonyl (C=O) groups is 2. The third-order valence-electron chi connectivity index (χ3n) is 5.12. The Balaban J connectivity index is 1.51. The molecule has 1 aromatic carbocycles. The Morgan fingerprint density at radius 1 is 0.962 bits per heavy atom. The molecule has 0 radical (unpaired) electrons. The van der Waals surface area contributed by atoms with Crippen LogP contribution in [-0.4, -0.2) is 17.9 Å². The molecule has 1 aromatic rings. The van der Waals surface area contributed by atoms with Crippen molar-refractivity contribution in [3.05, 3.63) is 29.8 Å². The van der Waals surface area contributed by atoms with Crippen LogP contribution in [0, 0.1) is 11.8 Å². The predicted octanol–water partition coefficient (Wildman–Crippen LogP) is 4.12. The van der Waals surface area contributed by atoms with E-state index in [-0.39, 0.29) is 23.6 Å². The van der Waals surface area contributed by atoms with Gasteiger partial charge in [0.1, 0.15) is 0 Å². The molecule has 0 heterocycles. The highest BCUT2D eigenvalue weighted by Gasteiger charge is 2.48. The normalized spacial score (nSPS) is 23.8. The van der Waals surface area contributed by atoms with E-state index in [9.17, 15) is 22.8 Å². The Morgan fingerprint density at radius 3 is 2.27 bits per heavy atom. The van der Waals surface area contributed by atoms with E-state index in [2.05, 4.69) is 10.6 Å². The molecule has 7 heteroatoms. The summed E-state index contributed by atoms with van der Waals surface area (Å²) in [6, 6.07) is 4.70. The average Bonchev–Trinajstić information content (AvgIpc) is 3.39. The van der Waals surface area contributed by atoms with Crippen LogP contribution in [-0.2, 0) is 15.8 Å². The van der Waals surface area contributed by atoms with E-state index in [1.807, 2.05) is 0 Å². The SMILES string of the molecule is O=C(Nc1cccc(C(F)(F)F)c1)C1CC1C(=O)NC1CCCCCC1. The molecular weight excluding hydrogens is 345 g/mol. The summed E-state index contributed by atoms with van der Waals surface area (Å²) in [7, 11) is 0. The largest absolute Gasteiger partial charge is 0.416 e. The number of amides is 2. The van der Waals surface area contributed by atoms with Gasteiger partial charge < -0.3 is 10.6 Å². The van der Waals surface area contributed by atoms with Gasteiger partial charge in [0.2, 0.25) is 11.8 Å². The molecule has 2 unspecified atom stereocenters.